The summed E-state index contributed by atoms with van der Waals surface area (Å²) in [4.78, 5) is 30.2. The molecule has 2 N–H and O–H groups in total. The van der Waals surface area contributed by atoms with Crippen LogP contribution in [0.15, 0.2) is 47.8 Å². The van der Waals surface area contributed by atoms with E-state index in [9.17, 15) is 0 Å². The number of aromatic nitrogens is 5. The Bertz CT molecular complexity index is 1720. The summed E-state index contributed by atoms with van der Waals surface area (Å²) in [5.41, 5.74) is 5.18. The Labute approximate surface area is 234 Å². The molecule has 6 heterocycles. The van der Waals surface area contributed by atoms with Gasteiger partial charge in [0.1, 0.15) is 11.5 Å². The molecule has 0 spiro atoms. The van der Waals surface area contributed by atoms with Crippen LogP contribution in [0.5, 0.6) is 0 Å². The summed E-state index contributed by atoms with van der Waals surface area (Å²) < 4.78 is 0. The van der Waals surface area contributed by atoms with E-state index in [1.165, 1.54) is 23.6 Å². The van der Waals surface area contributed by atoms with E-state index >= 15 is 0 Å². The van der Waals surface area contributed by atoms with Crippen molar-refractivity contribution in [2.24, 2.45) is 16.3 Å². The van der Waals surface area contributed by atoms with Gasteiger partial charge in [-0.05, 0) is 79.5 Å². The number of anilines is 1. The third-order valence-corrected chi connectivity index (χ3v) is 8.70. The van der Waals surface area contributed by atoms with Crippen LogP contribution in [-0.2, 0) is 0 Å². The Balaban J connectivity index is 1.45. The lowest BCUT2D eigenvalue weighted by atomic mass is 9.82. The van der Waals surface area contributed by atoms with Gasteiger partial charge in [-0.3, -0.25) is 9.98 Å². The van der Waals surface area contributed by atoms with Crippen molar-refractivity contribution in [1.82, 2.24) is 30.2 Å². The number of nitrogens with zero attached hydrogens (tertiary/aromatic N) is 6. The minimum Gasteiger partial charge on any atom is -0.355 e. The standard InChI is InChI=1S/C32H36N8/c1-32(2)19-35-13-5-7-27(32)40(3)31-28-24(20-8-9-20)18-34-14-11-25(28)37-30(39-31)22-10-15-36-29-23(22)16-26(38-29)21-6-4-12-33-17-21/h4,6,10-12,15-18,20,27,35H,5,7-9,13-14,19H2,1-3H3,(H,36,38). The van der Waals surface area contributed by atoms with Crippen LogP contribution in [-0.4, -0.2) is 63.9 Å². The van der Waals surface area contributed by atoms with Crippen LogP contribution in [0.3, 0.4) is 0 Å². The average molecular weight is 533 g/mol. The molecule has 0 amide bonds. The maximum Gasteiger partial charge on any atom is 0.162 e. The van der Waals surface area contributed by atoms with E-state index in [2.05, 4.69) is 70.5 Å². The number of fused-ring (bicyclic) bond motifs is 2. The maximum atomic E-state index is 5.40. The second-order valence-electron chi connectivity index (χ2n) is 12.0. The number of nitrogens with one attached hydrogen (secondary N) is 2. The minimum atomic E-state index is 0.0920. The smallest absolute Gasteiger partial charge is 0.162 e. The van der Waals surface area contributed by atoms with E-state index in [0.29, 0.717) is 18.5 Å². The number of pyridine rings is 2. The van der Waals surface area contributed by atoms with E-state index in [-0.39, 0.29) is 5.41 Å². The van der Waals surface area contributed by atoms with Crippen LogP contribution in [0.4, 0.5) is 5.82 Å². The Kier molecular flexibility index (Phi) is 6.23. The van der Waals surface area contributed by atoms with Crippen molar-refractivity contribution in [3.63, 3.8) is 0 Å². The van der Waals surface area contributed by atoms with Crippen molar-refractivity contribution < 1.29 is 0 Å². The molecule has 0 bridgehead atoms. The fourth-order valence-electron chi connectivity index (χ4n) is 6.43. The summed E-state index contributed by atoms with van der Waals surface area (Å²) in [6.45, 7) is 7.42. The summed E-state index contributed by atoms with van der Waals surface area (Å²) in [5.74, 6) is 2.28. The number of aliphatic imine (C=N–C) groups is 1. The van der Waals surface area contributed by atoms with Gasteiger partial charge in [0.25, 0.3) is 0 Å². The number of hydrogen-bond acceptors (Lipinski definition) is 7. The summed E-state index contributed by atoms with van der Waals surface area (Å²) in [7, 11) is 2.23. The maximum absolute atomic E-state index is 5.40. The number of aromatic amines is 1. The van der Waals surface area contributed by atoms with E-state index < -0.39 is 0 Å². The summed E-state index contributed by atoms with van der Waals surface area (Å²) >= 11 is 0. The Morgan fingerprint density at radius 3 is 2.80 bits per heavy atom. The SMILES string of the molecule is CN(c1nc(-c2ccnc3[nH]c(-c4cccnc4)cc23)nc2c1=C(C1CC1)C=NCC=2)C1CCCNCC1(C)C. The zero-order valence-electron chi connectivity index (χ0n) is 23.5. The second-order valence-corrected chi connectivity index (χ2v) is 12.0. The molecule has 0 radical (unpaired) electrons. The molecular weight excluding hydrogens is 496 g/mol. The quantitative estimate of drug-likeness (QED) is 0.407. The van der Waals surface area contributed by atoms with Crippen molar-refractivity contribution in [3.05, 3.63) is 53.4 Å². The van der Waals surface area contributed by atoms with Crippen molar-refractivity contribution in [3.8, 4) is 22.6 Å². The van der Waals surface area contributed by atoms with Crippen molar-refractivity contribution in [2.45, 2.75) is 45.6 Å². The first-order chi connectivity index (χ1) is 19.5. The molecule has 2 fully saturated rings. The molecular formula is C32H36N8. The van der Waals surface area contributed by atoms with Crippen LogP contribution < -0.4 is 20.8 Å². The van der Waals surface area contributed by atoms with Gasteiger partial charge in [0.15, 0.2) is 5.82 Å². The minimum absolute atomic E-state index is 0.0920. The average Bonchev–Trinajstić information content (AvgIpc) is 3.76. The lowest BCUT2D eigenvalue weighted by Crippen LogP contribution is -2.50. The van der Waals surface area contributed by atoms with Gasteiger partial charge in [-0.2, -0.15) is 0 Å². The largest absolute Gasteiger partial charge is 0.355 e. The number of H-pyrrole nitrogens is 1. The Morgan fingerprint density at radius 1 is 1.07 bits per heavy atom. The van der Waals surface area contributed by atoms with Gasteiger partial charge in [0.2, 0.25) is 0 Å². The molecule has 1 unspecified atom stereocenters. The molecule has 4 aromatic rings. The predicted molar refractivity (Wildman–Crippen MR) is 162 cm³/mol. The van der Waals surface area contributed by atoms with Crippen LogP contribution in [0, 0.1) is 11.3 Å². The van der Waals surface area contributed by atoms with Crippen LogP contribution in [0.1, 0.15) is 39.5 Å². The van der Waals surface area contributed by atoms with Crippen LogP contribution >= 0.6 is 0 Å². The monoisotopic (exact) mass is 532 g/mol. The molecule has 1 atom stereocenters. The van der Waals surface area contributed by atoms with Gasteiger partial charge in [0.05, 0.1) is 11.9 Å². The third-order valence-electron chi connectivity index (χ3n) is 8.70. The molecule has 0 aromatic carbocycles. The summed E-state index contributed by atoms with van der Waals surface area (Å²) in [6, 6.07) is 8.52. The highest BCUT2D eigenvalue weighted by molar-refractivity contribution is 6.05. The molecule has 4 aromatic heterocycles. The molecule has 40 heavy (non-hydrogen) atoms. The van der Waals surface area contributed by atoms with Crippen LogP contribution in [0.2, 0.25) is 0 Å². The summed E-state index contributed by atoms with van der Waals surface area (Å²) in [5, 5.41) is 6.81. The van der Waals surface area contributed by atoms with Gasteiger partial charge in [-0.15, -0.1) is 0 Å². The van der Waals surface area contributed by atoms with E-state index in [1.54, 1.807) is 6.20 Å². The molecule has 8 nitrogen and oxygen atoms in total. The zero-order valence-corrected chi connectivity index (χ0v) is 23.5. The first-order valence-electron chi connectivity index (χ1n) is 14.4. The lowest BCUT2D eigenvalue weighted by molar-refractivity contribution is 0.276. The fraction of sp³-hybridized carbons (Fsp3) is 0.406. The fourth-order valence-corrected chi connectivity index (χ4v) is 6.43. The third kappa shape index (κ3) is 4.50. The molecule has 8 heteroatoms. The molecule has 2 aliphatic heterocycles. The van der Waals surface area contributed by atoms with Crippen molar-refractivity contribution in [2.75, 3.05) is 31.6 Å². The first kappa shape index (κ1) is 25.1. The van der Waals surface area contributed by atoms with Gasteiger partial charge < -0.3 is 15.2 Å². The van der Waals surface area contributed by atoms with Gasteiger partial charge in [-0.25, -0.2) is 15.0 Å². The highest BCUT2D eigenvalue weighted by Gasteiger charge is 2.36. The van der Waals surface area contributed by atoms with E-state index in [1.807, 2.05) is 24.5 Å². The molecule has 1 saturated heterocycles. The molecule has 3 aliphatic rings. The zero-order chi connectivity index (χ0) is 27.3. The molecule has 1 aliphatic carbocycles. The first-order valence-corrected chi connectivity index (χ1v) is 14.4. The molecule has 204 valence electrons. The Morgan fingerprint density at radius 2 is 1.98 bits per heavy atom. The number of rotatable bonds is 5. The highest BCUT2D eigenvalue weighted by atomic mass is 15.2. The lowest BCUT2D eigenvalue weighted by Gasteiger charge is -2.40. The summed E-state index contributed by atoms with van der Waals surface area (Å²) in [6.07, 6.45) is 14.4. The molecule has 1 saturated carbocycles. The normalized spacial score (nSPS) is 20.5. The molecule has 7 rings (SSSR count). The highest BCUT2D eigenvalue weighted by Crippen LogP contribution is 2.37. The van der Waals surface area contributed by atoms with Crippen molar-refractivity contribution >= 4 is 34.7 Å². The van der Waals surface area contributed by atoms with Gasteiger partial charge in [-0.1, -0.05) is 13.8 Å². The van der Waals surface area contributed by atoms with E-state index in [0.717, 1.165) is 70.8 Å². The van der Waals surface area contributed by atoms with Gasteiger partial charge >= 0.3 is 0 Å². The van der Waals surface area contributed by atoms with Crippen molar-refractivity contribution in [1.29, 1.82) is 0 Å². The second kappa shape index (κ2) is 9.93. The number of hydrogen-bond donors (Lipinski definition) is 2. The van der Waals surface area contributed by atoms with E-state index in [4.69, 9.17) is 15.0 Å². The predicted octanol–water partition coefficient (Wildman–Crippen LogP) is 3.72. The Hall–Kier alpha value is -3.91. The van der Waals surface area contributed by atoms with Crippen LogP contribution in [0.25, 0.3) is 45.3 Å². The van der Waals surface area contributed by atoms with Gasteiger partial charge in [0, 0.05) is 71.9 Å². The topological polar surface area (TPSA) is 95.0 Å².